The molecule has 0 aliphatic carbocycles. The van der Waals surface area contributed by atoms with Crippen LogP contribution in [-0.4, -0.2) is 17.0 Å². The molecule has 1 aromatic heterocycles. The van der Waals surface area contributed by atoms with Gasteiger partial charge in [0.25, 0.3) is 5.69 Å². The van der Waals surface area contributed by atoms with Crippen LogP contribution in [0.2, 0.25) is 0 Å². The monoisotopic (exact) mass is 337 g/mol. The first-order valence-electron chi connectivity index (χ1n) is 5.77. The van der Waals surface area contributed by atoms with Gasteiger partial charge in [0.2, 0.25) is 5.88 Å². The van der Waals surface area contributed by atoms with Crippen LogP contribution in [0.15, 0.2) is 41.0 Å². The Morgan fingerprint density at radius 2 is 2.20 bits per heavy atom. The van der Waals surface area contributed by atoms with E-state index in [0.717, 1.165) is 11.3 Å². The van der Waals surface area contributed by atoms with Crippen LogP contribution < -0.4 is 10.1 Å². The predicted octanol–water partition coefficient (Wildman–Crippen LogP) is 3.37. The molecule has 0 saturated heterocycles. The van der Waals surface area contributed by atoms with Gasteiger partial charge in [0.1, 0.15) is 0 Å². The molecule has 0 atom stereocenters. The quantitative estimate of drug-likeness (QED) is 0.668. The Morgan fingerprint density at radius 3 is 2.75 bits per heavy atom. The second-order valence-corrected chi connectivity index (χ2v) is 4.83. The standard InChI is InChI=1S/C13H12BrN3O3/c1-20-13-5-3-10(8-16-13)15-7-9-2-4-11(17(18)19)6-12(9)14/h2-6,8,15H,7H2,1H3. The number of ether oxygens (including phenoxy) is 1. The average molecular weight is 338 g/mol. The van der Waals surface area contributed by atoms with Crippen molar-refractivity contribution in [1.82, 2.24) is 4.98 Å². The molecule has 0 bridgehead atoms. The minimum atomic E-state index is -0.421. The number of hydrogen-bond acceptors (Lipinski definition) is 5. The summed E-state index contributed by atoms with van der Waals surface area (Å²) < 4.78 is 5.67. The van der Waals surface area contributed by atoms with E-state index in [1.165, 1.54) is 12.1 Å². The van der Waals surface area contributed by atoms with E-state index in [1.807, 2.05) is 6.07 Å². The molecule has 1 heterocycles. The van der Waals surface area contributed by atoms with E-state index < -0.39 is 4.92 Å². The van der Waals surface area contributed by atoms with Crippen molar-refractivity contribution in [2.24, 2.45) is 0 Å². The lowest BCUT2D eigenvalue weighted by Gasteiger charge is -2.08. The van der Waals surface area contributed by atoms with Crippen molar-refractivity contribution in [3.8, 4) is 5.88 Å². The van der Waals surface area contributed by atoms with Crippen molar-refractivity contribution in [2.75, 3.05) is 12.4 Å². The third-order valence-corrected chi connectivity index (χ3v) is 3.41. The molecule has 1 N–H and O–H groups in total. The molecule has 6 nitrogen and oxygen atoms in total. The topological polar surface area (TPSA) is 77.3 Å². The maximum absolute atomic E-state index is 10.7. The first-order chi connectivity index (χ1) is 9.60. The molecule has 7 heteroatoms. The summed E-state index contributed by atoms with van der Waals surface area (Å²) in [5.74, 6) is 0.548. The van der Waals surface area contributed by atoms with Gasteiger partial charge < -0.3 is 10.1 Å². The zero-order valence-corrected chi connectivity index (χ0v) is 12.3. The minimum absolute atomic E-state index is 0.0618. The van der Waals surface area contributed by atoms with Gasteiger partial charge >= 0.3 is 0 Å². The van der Waals surface area contributed by atoms with Crippen LogP contribution in [0, 0.1) is 10.1 Å². The first kappa shape index (κ1) is 14.3. The van der Waals surface area contributed by atoms with Crippen molar-refractivity contribution in [3.63, 3.8) is 0 Å². The van der Waals surface area contributed by atoms with E-state index >= 15 is 0 Å². The summed E-state index contributed by atoms with van der Waals surface area (Å²) in [7, 11) is 1.56. The Labute approximate surface area is 124 Å². The van der Waals surface area contributed by atoms with E-state index in [1.54, 1.807) is 25.4 Å². The molecule has 0 spiro atoms. The Hall–Kier alpha value is -2.15. The second kappa shape index (κ2) is 6.33. The van der Waals surface area contributed by atoms with Crippen molar-refractivity contribution in [1.29, 1.82) is 0 Å². The Kier molecular flexibility index (Phi) is 4.52. The molecule has 0 saturated carbocycles. The number of methoxy groups -OCH3 is 1. The molecule has 0 amide bonds. The molecular weight excluding hydrogens is 326 g/mol. The summed E-state index contributed by atoms with van der Waals surface area (Å²) in [4.78, 5) is 14.3. The summed E-state index contributed by atoms with van der Waals surface area (Å²) in [6, 6.07) is 8.29. The lowest BCUT2D eigenvalue weighted by Crippen LogP contribution is -2.01. The van der Waals surface area contributed by atoms with E-state index in [9.17, 15) is 10.1 Å². The van der Waals surface area contributed by atoms with Gasteiger partial charge in [-0.15, -0.1) is 0 Å². The van der Waals surface area contributed by atoms with Crippen LogP contribution in [0.4, 0.5) is 11.4 Å². The number of nitro benzene ring substituents is 1. The highest BCUT2D eigenvalue weighted by molar-refractivity contribution is 9.10. The summed E-state index contributed by atoms with van der Waals surface area (Å²) in [6.45, 7) is 0.534. The molecule has 1 aromatic carbocycles. The molecule has 0 unspecified atom stereocenters. The molecule has 104 valence electrons. The zero-order chi connectivity index (χ0) is 14.5. The van der Waals surface area contributed by atoms with Gasteiger partial charge in [-0.05, 0) is 17.7 Å². The number of nitrogens with zero attached hydrogens (tertiary/aromatic N) is 2. The summed E-state index contributed by atoms with van der Waals surface area (Å²) >= 11 is 3.33. The maximum atomic E-state index is 10.7. The number of nitrogens with one attached hydrogen (secondary N) is 1. The van der Waals surface area contributed by atoms with Crippen molar-refractivity contribution < 1.29 is 9.66 Å². The number of anilines is 1. The van der Waals surface area contributed by atoms with E-state index in [-0.39, 0.29) is 5.69 Å². The van der Waals surface area contributed by atoms with E-state index in [4.69, 9.17) is 4.74 Å². The fraction of sp³-hybridized carbons (Fsp3) is 0.154. The van der Waals surface area contributed by atoms with Gasteiger partial charge in [-0.2, -0.15) is 0 Å². The number of nitro groups is 1. The first-order valence-corrected chi connectivity index (χ1v) is 6.56. The van der Waals surface area contributed by atoms with Crippen LogP contribution in [0.1, 0.15) is 5.56 Å². The predicted molar refractivity (Wildman–Crippen MR) is 78.9 cm³/mol. The van der Waals surface area contributed by atoms with Crippen molar-refractivity contribution in [3.05, 3.63) is 56.7 Å². The van der Waals surface area contributed by atoms with Gasteiger partial charge in [-0.1, -0.05) is 15.9 Å². The van der Waals surface area contributed by atoms with Gasteiger partial charge in [0.15, 0.2) is 0 Å². The van der Waals surface area contributed by atoms with Crippen LogP contribution in [0.3, 0.4) is 0 Å². The average Bonchev–Trinajstić information content (AvgIpc) is 2.46. The highest BCUT2D eigenvalue weighted by atomic mass is 79.9. The number of hydrogen-bond donors (Lipinski definition) is 1. The highest BCUT2D eigenvalue weighted by Crippen LogP contribution is 2.24. The molecule has 0 fully saturated rings. The maximum Gasteiger partial charge on any atom is 0.270 e. The molecular formula is C13H12BrN3O3. The summed E-state index contributed by atoms with van der Waals surface area (Å²) in [6.07, 6.45) is 1.66. The SMILES string of the molecule is COc1ccc(NCc2ccc([N+](=O)[O-])cc2Br)cn1. The summed E-state index contributed by atoms with van der Waals surface area (Å²) in [5.41, 5.74) is 1.83. The fourth-order valence-electron chi connectivity index (χ4n) is 1.60. The number of pyridine rings is 1. The second-order valence-electron chi connectivity index (χ2n) is 3.98. The number of rotatable bonds is 5. The lowest BCUT2D eigenvalue weighted by molar-refractivity contribution is -0.384. The number of aromatic nitrogens is 1. The van der Waals surface area contributed by atoms with Gasteiger partial charge in [0, 0.05) is 29.2 Å². The van der Waals surface area contributed by atoms with Gasteiger partial charge in [-0.25, -0.2) is 4.98 Å². The van der Waals surface area contributed by atoms with Crippen LogP contribution in [0.5, 0.6) is 5.88 Å². The highest BCUT2D eigenvalue weighted by Gasteiger charge is 2.08. The summed E-state index contributed by atoms with van der Waals surface area (Å²) in [5, 5.41) is 13.8. The van der Waals surface area contributed by atoms with Crippen LogP contribution in [0.25, 0.3) is 0 Å². The van der Waals surface area contributed by atoms with E-state index in [2.05, 4.69) is 26.2 Å². The zero-order valence-electron chi connectivity index (χ0n) is 10.7. The van der Waals surface area contributed by atoms with Gasteiger partial charge in [0.05, 0.1) is 23.9 Å². The normalized spacial score (nSPS) is 10.1. The number of benzene rings is 1. The number of halogens is 1. The number of non-ortho nitro benzene ring substituents is 1. The van der Waals surface area contributed by atoms with E-state index in [0.29, 0.717) is 16.9 Å². The lowest BCUT2D eigenvalue weighted by atomic mass is 10.2. The van der Waals surface area contributed by atoms with Crippen molar-refractivity contribution >= 4 is 27.3 Å². The van der Waals surface area contributed by atoms with Gasteiger partial charge in [-0.3, -0.25) is 10.1 Å². The Bertz CT molecular complexity index is 617. The Balaban J connectivity index is 2.04. The van der Waals surface area contributed by atoms with Crippen LogP contribution in [-0.2, 0) is 6.54 Å². The van der Waals surface area contributed by atoms with Crippen molar-refractivity contribution in [2.45, 2.75) is 6.54 Å². The smallest absolute Gasteiger partial charge is 0.270 e. The molecule has 0 radical (unpaired) electrons. The Morgan fingerprint density at radius 1 is 1.40 bits per heavy atom. The molecule has 20 heavy (non-hydrogen) atoms. The van der Waals surface area contributed by atoms with Crippen LogP contribution >= 0.6 is 15.9 Å². The molecule has 0 aliphatic rings. The fourth-order valence-corrected chi connectivity index (χ4v) is 2.10. The molecule has 2 rings (SSSR count). The minimum Gasteiger partial charge on any atom is -0.481 e. The molecule has 2 aromatic rings. The third kappa shape index (κ3) is 3.45. The molecule has 0 aliphatic heterocycles. The largest absolute Gasteiger partial charge is 0.481 e. The third-order valence-electron chi connectivity index (χ3n) is 2.68.